The van der Waals surface area contributed by atoms with E-state index in [1.807, 2.05) is 17.3 Å². The van der Waals surface area contributed by atoms with Crippen molar-refractivity contribution in [1.29, 1.82) is 0 Å². The molecule has 1 amide bonds. The van der Waals surface area contributed by atoms with Crippen molar-refractivity contribution in [3.8, 4) is 11.1 Å². The third kappa shape index (κ3) is 2.88. The van der Waals surface area contributed by atoms with Crippen LogP contribution in [0.4, 0.5) is 5.69 Å². The molecule has 1 saturated heterocycles. The van der Waals surface area contributed by atoms with Crippen molar-refractivity contribution in [1.82, 2.24) is 15.0 Å². The van der Waals surface area contributed by atoms with Gasteiger partial charge >= 0.3 is 0 Å². The summed E-state index contributed by atoms with van der Waals surface area (Å²) in [6, 6.07) is 4.26. The second-order valence-corrected chi connectivity index (χ2v) is 7.92. The van der Waals surface area contributed by atoms with Gasteiger partial charge in [0.05, 0.1) is 17.8 Å². The van der Waals surface area contributed by atoms with Crippen LogP contribution in [0.1, 0.15) is 29.8 Å². The number of carbonyl (C=O) groups is 1. The summed E-state index contributed by atoms with van der Waals surface area (Å²) in [4.78, 5) is 27.1. The molecule has 0 saturated carbocycles. The molecule has 3 aromatic rings. The zero-order chi connectivity index (χ0) is 19.3. The fourth-order valence-electron chi connectivity index (χ4n) is 4.25. The maximum atomic E-state index is 12.6. The van der Waals surface area contributed by atoms with Crippen molar-refractivity contribution in [2.24, 2.45) is 5.92 Å². The van der Waals surface area contributed by atoms with Crippen LogP contribution in [0.3, 0.4) is 0 Å². The first-order valence-corrected chi connectivity index (χ1v) is 9.92. The van der Waals surface area contributed by atoms with E-state index in [9.17, 15) is 4.79 Å². The number of nitrogens with one attached hydrogen (secondary N) is 1. The quantitative estimate of drug-likeness (QED) is 0.759. The topological polar surface area (TPSA) is 71.1 Å². The van der Waals surface area contributed by atoms with Crippen LogP contribution in [0.5, 0.6) is 0 Å². The van der Waals surface area contributed by atoms with Gasteiger partial charge in [0.15, 0.2) is 0 Å². The summed E-state index contributed by atoms with van der Waals surface area (Å²) < 4.78 is 5.46. The monoisotopic (exact) mass is 376 g/mol. The first-order valence-electron chi connectivity index (χ1n) is 9.92. The molecule has 3 aromatic heterocycles. The van der Waals surface area contributed by atoms with Gasteiger partial charge in [-0.05, 0) is 50.3 Å². The number of pyridine rings is 2. The summed E-state index contributed by atoms with van der Waals surface area (Å²) >= 11 is 0. The first-order chi connectivity index (χ1) is 13.6. The summed E-state index contributed by atoms with van der Waals surface area (Å²) in [6.07, 6.45) is 6.16. The fraction of sp³-hybridized carbons (Fsp3) is 0.409. The van der Waals surface area contributed by atoms with E-state index in [4.69, 9.17) is 4.74 Å². The highest BCUT2D eigenvalue weighted by atomic mass is 16.5. The number of hydrogen-bond donors (Lipinski definition) is 1. The number of aromatic amines is 1. The van der Waals surface area contributed by atoms with E-state index in [0.29, 0.717) is 12.3 Å². The molecule has 0 aliphatic carbocycles. The number of fused-ring (bicyclic) bond motifs is 2. The summed E-state index contributed by atoms with van der Waals surface area (Å²) in [5.41, 5.74) is 7.12. The highest BCUT2D eigenvalue weighted by molar-refractivity contribution is 6.01. The fourth-order valence-corrected chi connectivity index (χ4v) is 4.25. The third-order valence-electron chi connectivity index (χ3n) is 6.13. The van der Waals surface area contributed by atoms with Crippen LogP contribution in [0.2, 0.25) is 0 Å². The van der Waals surface area contributed by atoms with Gasteiger partial charge in [0.1, 0.15) is 5.65 Å². The number of nitrogens with zero attached hydrogens (tertiary/aromatic N) is 3. The molecule has 2 aliphatic heterocycles. The van der Waals surface area contributed by atoms with Crippen molar-refractivity contribution in [3.63, 3.8) is 0 Å². The van der Waals surface area contributed by atoms with Gasteiger partial charge in [0.2, 0.25) is 5.91 Å². The lowest BCUT2D eigenvalue weighted by Crippen LogP contribution is -2.34. The predicted molar refractivity (Wildman–Crippen MR) is 108 cm³/mol. The number of ether oxygens (including phenoxy) is 1. The Bertz CT molecular complexity index is 1070. The second-order valence-electron chi connectivity index (χ2n) is 7.92. The number of amides is 1. The molecule has 0 aromatic carbocycles. The van der Waals surface area contributed by atoms with E-state index in [-0.39, 0.29) is 5.91 Å². The van der Waals surface area contributed by atoms with Crippen LogP contribution in [-0.2, 0) is 16.0 Å². The number of anilines is 1. The molecule has 6 heteroatoms. The molecule has 5 heterocycles. The first kappa shape index (κ1) is 17.4. The minimum absolute atomic E-state index is 0.150. The molecule has 0 unspecified atom stereocenters. The Morgan fingerprint density at radius 3 is 2.71 bits per heavy atom. The Kier molecular flexibility index (Phi) is 4.16. The molecular formula is C22H24N4O2. The molecule has 0 atom stereocenters. The third-order valence-corrected chi connectivity index (χ3v) is 6.13. The Morgan fingerprint density at radius 2 is 1.89 bits per heavy atom. The summed E-state index contributed by atoms with van der Waals surface area (Å²) in [6.45, 7) is 6.51. The molecule has 1 N–H and O–H groups in total. The van der Waals surface area contributed by atoms with Gasteiger partial charge in [0, 0.05) is 54.4 Å². The Morgan fingerprint density at radius 1 is 1.14 bits per heavy atom. The van der Waals surface area contributed by atoms with E-state index in [1.165, 1.54) is 5.56 Å². The van der Waals surface area contributed by atoms with Gasteiger partial charge in [-0.1, -0.05) is 0 Å². The molecule has 1 fully saturated rings. The minimum atomic E-state index is 0.150. The molecule has 6 nitrogen and oxygen atoms in total. The largest absolute Gasteiger partial charge is 0.381 e. The molecular weight excluding hydrogens is 352 g/mol. The van der Waals surface area contributed by atoms with Crippen molar-refractivity contribution in [3.05, 3.63) is 41.5 Å². The standard InChI is InChI=1S/C22H24N4O2/c1-13-14(2)25-22-18(13)7-16(11-24-22)17-8-20-19(23-10-17)9-21(27)26(20)12-15-3-5-28-6-4-15/h7-8,10-11,15H,3-6,9,12H2,1-2H3,(H,24,25). The van der Waals surface area contributed by atoms with E-state index in [2.05, 4.69) is 40.9 Å². The number of hydrogen-bond acceptors (Lipinski definition) is 4. The average molecular weight is 376 g/mol. The highest BCUT2D eigenvalue weighted by Crippen LogP contribution is 2.34. The van der Waals surface area contributed by atoms with Crippen molar-refractivity contribution >= 4 is 22.6 Å². The van der Waals surface area contributed by atoms with Crippen LogP contribution in [-0.4, -0.2) is 40.6 Å². The van der Waals surface area contributed by atoms with E-state index < -0.39 is 0 Å². The van der Waals surface area contributed by atoms with Crippen LogP contribution in [0, 0.1) is 19.8 Å². The summed E-state index contributed by atoms with van der Waals surface area (Å²) in [7, 11) is 0. The predicted octanol–water partition coefficient (Wildman–Crippen LogP) is 3.56. The number of H-pyrrole nitrogens is 1. The van der Waals surface area contributed by atoms with Gasteiger partial charge in [-0.25, -0.2) is 4.98 Å². The normalized spacial score (nSPS) is 17.5. The number of rotatable bonds is 3. The van der Waals surface area contributed by atoms with Gasteiger partial charge in [-0.15, -0.1) is 0 Å². The lowest BCUT2D eigenvalue weighted by atomic mass is 9.99. The molecule has 144 valence electrons. The van der Waals surface area contributed by atoms with E-state index >= 15 is 0 Å². The SMILES string of the molecule is Cc1[nH]c2ncc(-c3cnc4c(c3)N(CC3CCOCC3)C(=O)C4)cc2c1C. The maximum absolute atomic E-state index is 12.6. The van der Waals surface area contributed by atoms with Crippen LogP contribution < -0.4 is 4.90 Å². The lowest BCUT2D eigenvalue weighted by Gasteiger charge is -2.27. The van der Waals surface area contributed by atoms with Crippen LogP contribution in [0.15, 0.2) is 24.5 Å². The molecule has 5 rings (SSSR count). The zero-order valence-corrected chi connectivity index (χ0v) is 16.3. The van der Waals surface area contributed by atoms with Crippen molar-refractivity contribution in [2.45, 2.75) is 33.1 Å². The Hall–Kier alpha value is -2.73. The average Bonchev–Trinajstić information content (AvgIpc) is 3.18. The molecule has 28 heavy (non-hydrogen) atoms. The van der Waals surface area contributed by atoms with E-state index in [1.54, 1.807) is 0 Å². The molecule has 0 bridgehead atoms. The van der Waals surface area contributed by atoms with Crippen molar-refractivity contribution < 1.29 is 9.53 Å². The van der Waals surface area contributed by atoms with Gasteiger partial charge in [-0.3, -0.25) is 9.78 Å². The highest BCUT2D eigenvalue weighted by Gasteiger charge is 2.31. The van der Waals surface area contributed by atoms with Crippen LogP contribution >= 0.6 is 0 Å². The van der Waals surface area contributed by atoms with Gasteiger partial charge < -0.3 is 14.6 Å². The zero-order valence-electron chi connectivity index (χ0n) is 16.3. The Balaban J connectivity index is 1.50. The van der Waals surface area contributed by atoms with E-state index in [0.717, 1.165) is 71.8 Å². The summed E-state index contributed by atoms with van der Waals surface area (Å²) in [5.74, 6) is 0.646. The summed E-state index contributed by atoms with van der Waals surface area (Å²) in [5, 5.41) is 1.13. The van der Waals surface area contributed by atoms with Crippen molar-refractivity contribution in [2.75, 3.05) is 24.7 Å². The minimum Gasteiger partial charge on any atom is -0.381 e. The molecule has 2 aliphatic rings. The van der Waals surface area contributed by atoms with Crippen LogP contribution in [0.25, 0.3) is 22.2 Å². The molecule has 0 radical (unpaired) electrons. The number of aromatic nitrogens is 3. The number of aryl methyl sites for hydroxylation is 2. The molecule has 0 spiro atoms. The maximum Gasteiger partial charge on any atom is 0.233 e. The Labute approximate surface area is 163 Å². The van der Waals surface area contributed by atoms with Gasteiger partial charge in [-0.2, -0.15) is 0 Å². The number of carbonyl (C=O) groups excluding carboxylic acids is 1. The van der Waals surface area contributed by atoms with Gasteiger partial charge in [0.25, 0.3) is 0 Å². The smallest absolute Gasteiger partial charge is 0.233 e. The lowest BCUT2D eigenvalue weighted by molar-refractivity contribution is -0.117. The second kappa shape index (κ2) is 6.71.